The van der Waals surface area contributed by atoms with E-state index in [0.717, 1.165) is 0 Å². The third-order valence-electron chi connectivity index (χ3n) is 3.11. The molecule has 0 aliphatic rings. The number of fused-ring (bicyclic) bond motifs is 1. The highest BCUT2D eigenvalue weighted by molar-refractivity contribution is 7.17. The lowest BCUT2D eigenvalue weighted by Crippen LogP contribution is -2.05. The Kier molecular flexibility index (Phi) is 4.75. The molecule has 0 spiro atoms. The molecular weight excluding hydrogens is 373 g/mol. The van der Waals surface area contributed by atoms with E-state index < -0.39 is 5.97 Å². The number of aromatic nitrogens is 2. The van der Waals surface area contributed by atoms with Crippen molar-refractivity contribution in [2.75, 3.05) is 11.9 Å². The number of carbonyl (C=O) groups is 1. The molecule has 0 saturated carbocycles. The Balaban J connectivity index is 2.14. The summed E-state index contributed by atoms with van der Waals surface area (Å²) in [6, 6.07) is 4.54. The Morgan fingerprint density at radius 2 is 2.17 bits per heavy atom. The predicted octanol–water partition coefficient (Wildman–Crippen LogP) is 4.62. The Morgan fingerprint density at radius 3 is 2.92 bits per heavy atom. The van der Waals surface area contributed by atoms with Crippen LogP contribution in [0.1, 0.15) is 17.3 Å². The lowest BCUT2D eigenvalue weighted by molar-refractivity contribution is 0.0529. The standard InChI is InChI=1S/C15H11Cl2N3O3S/c1-2-23-14(22)8-6-24-13-11(8)12(19-15(17)20-13)18-9-5-7(16)3-4-10(9)21/h3-6,21H,2H2,1H3,(H,18,19,20). The van der Waals surface area contributed by atoms with Gasteiger partial charge in [0.25, 0.3) is 0 Å². The molecule has 0 saturated heterocycles. The minimum absolute atomic E-state index is 0.0174. The van der Waals surface area contributed by atoms with Crippen molar-refractivity contribution in [1.82, 2.24) is 9.97 Å². The minimum Gasteiger partial charge on any atom is -0.506 e. The number of hydrogen-bond acceptors (Lipinski definition) is 7. The van der Waals surface area contributed by atoms with Gasteiger partial charge in [0.05, 0.1) is 23.2 Å². The van der Waals surface area contributed by atoms with Crippen molar-refractivity contribution in [2.45, 2.75) is 6.92 Å². The lowest BCUT2D eigenvalue weighted by atomic mass is 10.2. The van der Waals surface area contributed by atoms with Crippen LogP contribution in [0.4, 0.5) is 11.5 Å². The number of ether oxygens (including phenoxy) is 1. The monoisotopic (exact) mass is 383 g/mol. The molecule has 6 nitrogen and oxygen atoms in total. The van der Waals surface area contributed by atoms with E-state index in [-0.39, 0.29) is 23.5 Å². The number of phenols is 1. The van der Waals surface area contributed by atoms with Gasteiger partial charge in [-0.25, -0.2) is 9.78 Å². The molecule has 0 unspecified atom stereocenters. The van der Waals surface area contributed by atoms with E-state index in [4.69, 9.17) is 27.9 Å². The van der Waals surface area contributed by atoms with Crippen LogP contribution in [0.3, 0.4) is 0 Å². The van der Waals surface area contributed by atoms with Gasteiger partial charge in [-0.3, -0.25) is 0 Å². The van der Waals surface area contributed by atoms with Gasteiger partial charge in [-0.15, -0.1) is 11.3 Å². The van der Waals surface area contributed by atoms with Gasteiger partial charge >= 0.3 is 5.97 Å². The fourth-order valence-electron chi connectivity index (χ4n) is 2.10. The van der Waals surface area contributed by atoms with Crippen LogP contribution in [0, 0.1) is 0 Å². The van der Waals surface area contributed by atoms with Gasteiger partial charge in [0.15, 0.2) is 0 Å². The van der Waals surface area contributed by atoms with Crippen LogP contribution < -0.4 is 5.32 Å². The van der Waals surface area contributed by atoms with Crippen molar-refractivity contribution in [3.63, 3.8) is 0 Å². The first-order valence-corrected chi connectivity index (χ1v) is 8.50. The number of rotatable bonds is 4. The van der Waals surface area contributed by atoms with Crippen LogP contribution in [-0.2, 0) is 4.74 Å². The zero-order valence-electron chi connectivity index (χ0n) is 12.3. The predicted molar refractivity (Wildman–Crippen MR) is 94.8 cm³/mol. The molecule has 3 rings (SSSR count). The number of nitrogens with zero attached hydrogens (tertiary/aromatic N) is 2. The number of anilines is 2. The number of carbonyl (C=O) groups excluding carboxylic acids is 1. The molecule has 0 radical (unpaired) electrons. The van der Waals surface area contributed by atoms with Crippen molar-refractivity contribution in [2.24, 2.45) is 0 Å². The number of hydrogen-bond donors (Lipinski definition) is 2. The topological polar surface area (TPSA) is 84.3 Å². The second-order valence-electron chi connectivity index (χ2n) is 4.68. The number of aromatic hydroxyl groups is 1. The van der Waals surface area contributed by atoms with Crippen molar-refractivity contribution >= 4 is 62.2 Å². The first-order chi connectivity index (χ1) is 11.5. The number of phenolic OH excluding ortho intramolecular Hbond substituents is 1. The van der Waals surface area contributed by atoms with Crippen LogP contribution in [0.15, 0.2) is 23.6 Å². The molecule has 24 heavy (non-hydrogen) atoms. The number of halogens is 2. The molecule has 2 N–H and O–H groups in total. The van der Waals surface area contributed by atoms with E-state index >= 15 is 0 Å². The van der Waals surface area contributed by atoms with Gasteiger partial charge in [0.1, 0.15) is 16.4 Å². The van der Waals surface area contributed by atoms with Crippen molar-refractivity contribution in [3.05, 3.63) is 39.4 Å². The van der Waals surface area contributed by atoms with E-state index in [9.17, 15) is 9.90 Å². The number of nitrogens with one attached hydrogen (secondary N) is 1. The summed E-state index contributed by atoms with van der Waals surface area (Å²) in [6.45, 7) is 1.98. The first kappa shape index (κ1) is 16.8. The van der Waals surface area contributed by atoms with Crippen LogP contribution >= 0.6 is 34.5 Å². The van der Waals surface area contributed by atoms with Gasteiger partial charge in [0.2, 0.25) is 5.28 Å². The normalized spacial score (nSPS) is 10.8. The Hall–Kier alpha value is -2.09. The van der Waals surface area contributed by atoms with E-state index in [1.54, 1.807) is 18.4 Å². The maximum Gasteiger partial charge on any atom is 0.339 e. The summed E-state index contributed by atoms with van der Waals surface area (Å²) < 4.78 is 5.05. The molecule has 3 aromatic rings. The molecule has 0 aliphatic heterocycles. The fourth-order valence-corrected chi connectivity index (χ4v) is 3.40. The maximum absolute atomic E-state index is 12.1. The first-order valence-electron chi connectivity index (χ1n) is 6.87. The summed E-state index contributed by atoms with van der Waals surface area (Å²) in [5.41, 5.74) is 0.664. The van der Waals surface area contributed by atoms with Crippen LogP contribution in [0.5, 0.6) is 5.75 Å². The molecule has 124 valence electrons. The number of esters is 1. The summed E-state index contributed by atoms with van der Waals surface area (Å²) >= 11 is 13.2. The quantitative estimate of drug-likeness (QED) is 0.388. The van der Waals surface area contributed by atoms with Crippen LogP contribution in [0.2, 0.25) is 10.3 Å². The molecule has 0 atom stereocenters. The van der Waals surface area contributed by atoms with E-state index in [1.807, 2.05) is 0 Å². The van der Waals surface area contributed by atoms with E-state index in [0.29, 0.717) is 26.5 Å². The lowest BCUT2D eigenvalue weighted by Gasteiger charge is -2.10. The second kappa shape index (κ2) is 6.80. The average Bonchev–Trinajstić information content (AvgIpc) is 2.95. The molecule has 0 fully saturated rings. The summed E-state index contributed by atoms with van der Waals surface area (Å²) in [5, 5.41) is 15.5. The Bertz CT molecular complexity index is 930. The molecule has 0 bridgehead atoms. The van der Waals surface area contributed by atoms with Gasteiger partial charge in [-0.05, 0) is 36.7 Å². The van der Waals surface area contributed by atoms with Gasteiger partial charge in [-0.2, -0.15) is 4.98 Å². The molecule has 2 aromatic heterocycles. The minimum atomic E-state index is -0.479. The van der Waals surface area contributed by atoms with E-state index in [1.165, 1.54) is 23.5 Å². The summed E-state index contributed by atoms with van der Waals surface area (Å²) in [4.78, 5) is 20.9. The highest BCUT2D eigenvalue weighted by atomic mass is 35.5. The van der Waals surface area contributed by atoms with Gasteiger partial charge in [0, 0.05) is 10.4 Å². The van der Waals surface area contributed by atoms with Gasteiger partial charge < -0.3 is 15.2 Å². The summed E-state index contributed by atoms with van der Waals surface area (Å²) in [5.74, 6) is -0.213. The summed E-state index contributed by atoms with van der Waals surface area (Å²) in [7, 11) is 0. The second-order valence-corrected chi connectivity index (χ2v) is 6.31. The largest absolute Gasteiger partial charge is 0.506 e. The van der Waals surface area contributed by atoms with Crippen molar-refractivity contribution in [1.29, 1.82) is 0 Å². The van der Waals surface area contributed by atoms with Crippen molar-refractivity contribution in [3.8, 4) is 5.75 Å². The van der Waals surface area contributed by atoms with Crippen LogP contribution in [0.25, 0.3) is 10.2 Å². The average molecular weight is 384 g/mol. The summed E-state index contributed by atoms with van der Waals surface area (Å²) in [6.07, 6.45) is 0. The SMILES string of the molecule is CCOC(=O)c1csc2nc(Cl)nc(Nc3cc(Cl)ccc3O)c12. The number of thiophene rings is 1. The molecule has 2 heterocycles. The fraction of sp³-hybridized carbons (Fsp3) is 0.133. The number of benzene rings is 1. The maximum atomic E-state index is 12.1. The molecule has 0 aliphatic carbocycles. The van der Waals surface area contributed by atoms with Crippen LogP contribution in [-0.4, -0.2) is 27.7 Å². The molecular formula is C15H11Cl2N3O3S. The highest BCUT2D eigenvalue weighted by Gasteiger charge is 2.20. The zero-order valence-corrected chi connectivity index (χ0v) is 14.7. The molecule has 0 amide bonds. The third-order valence-corrected chi connectivity index (χ3v) is 4.39. The zero-order chi connectivity index (χ0) is 17.3. The Morgan fingerprint density at radius 1 is 1.38 bits per heavy atom. The molecule has 9 heteroatoms. The highest BCUT2D eigenvalue weighted by Crippen LogP contribution is 2.35. The third kappa shape index (κ3) is 3.24. The Labute approximate surface area is 151 Å². The smallest absolute Gasteiger partial charge is 0.339 e. The van der Waals surface area contributed by atoms with E-state index in [2.05, 4.69) is 15.3 Å². The van der Waals surface area contributed by atoms with Crippen molar-refractivity contribution < 1.29 is 14.6 Å². The van der Waals surface area contributed by atoms with Gasteiger partial charge in [-0.1, -0.05) is 11.6 Å². The molecule has 1 aromatic carbocycles.